The van der Waals surface area contributed by atoms with Crippen LogP contribution in [0.5, 0.6) is 0 Å². The minimum atomic E-state index is -1.51. The van der Waals surface area contributed by atoms with Crippen LogP contribution in [0.4, 0.5) is 4.39 Å². The van der Waals surface area contributed by atoms with Gasteiger partial charge < -0.3 is 19.8 Å². The summed E-state index contributed by atoms with van der Waals surface area (Å²) in [6, 6.07) is 5.58. The standard InChI is InChI=1S/C20H26FNO5/c1-27-13-19(8-2-9-19)17(24)22-10-7-16(23)20(12-22,18(25)26)11-14-3-5-15(21)6-4-14/h3-6,16,23H,2,7-13H2,1H3,(H,25,26)/t16-,20+/m0/s1. The third-order valence-electron chi connectivity index (χ3n) is 6.11. The van der Waals surface area contributed by atoms with Gasteiger partial charge in [-0.25, -0.2) is 4.39 Å². The number of carboxylic acid groups (broad SMARTS) is 1. The topological polar surface area (TPSA) is 87.1 Å². The lowest BCUT2D eigenvalue weighted by atomic mass is 9.67. The molecule has 0 radical (unpaired) electrons. The van der Waals surface area contributed by atoms with E-state index < -0.39 is 28.7 Å². The van der Waals surface area contributed by atoms with Crippen LogP contribution >= 0.6 is 0 Å². The highest BCUT2D eigenvalue weighted by molar-refractivity contribution is 5.85. The number of benzene rings is 1. The van der Waals surface area contributed by atoms with Crippen molar-refractivity contribution >= 4 is 11.9 Å². The van der Waals surface area contributed by atoms with Gasteiger partial charge in [-0.05, 0) is 43.4 Å². The Morgan fingerprint density at radius 2 is 1.96 bits per heavy atom. The third kappa shape index (κ3) is 3.58. The van der Waals surface area contributed by atoms with Crippen LogP contribution in [-0.2, 0) is 20.7 Å². The van der Waals surface area contributed by atoms with Crippen molar-refractivity contribution in [2.45, 2.75) is 38.2 Å². The number of carboxylic acids is 1. The molecule has 0 unspecified atom stereocenters. The number of carbonyl (C=O) groups excluding carboxylic acids is 1. The van der Waals surface area contributed by atoms with Gasteiger partial charge in [-0.1, -0.05) is 18.6 Å². The number of nitrogens with zero attached hydrogens (tertiary/aromatic N) is 1. The Morgan fingerprint density at radius 3 is 2.48 bits per heavy atom. The summed E-state index contributed by atoms with van der Waals surface area (Å²) in [5.74, 6) is -1.64. The SMILES string of the molecule is COCC1(C(=O)N2CC[C@H](O)[C@](Cc3ccc(F)cc3)(C(=O)O)C2)CCC1. The minimum absolute atomic E-state index is 0.0326. The van der Waals surface area contributed by atoms with Crippen LogP contribution in [0.2, 0.25) is 0 Å². The van der Waals surface area contributed by atoms with Gasteiger partial charge in [-0.15, -0.1) is 0 Å². The molecule has 6 nitrogen and oxygen atoms in total. The van der Waals surface area contributed by atoms with Crippen molar-refractivity contribution in [2.75, 3.05) is 26.8 Å². The molecule has 2 atom stereocenters. The number of hydrogen-bond donors (Lipinski definition) is 2. The number of rotatable bonds is 6. The third-order valence-corrected chi connectivity index (χ3v) is 6.11. The predicted molar refractivity (Wildman–Crippen MR) is 95.5 cm³/mol. The van der Waals surface area contributed by atoms with E-state index in [-0.39, 0.29) is 25.3 Å². The maximum Gasteiger partial charge on any atom is 0.314 e. The summed E-state index contributed by atoms with van der Waals surface area (Å²) in [4.78, 5) is 26.9. The maximum atomic E-state index is 13.2. The van der Waals surface area contributed by atoms with Gasteiger partial charge in [0.15, 0.2) is 0 Å². The fourth-order valence-electron chi connectivity index (χ4n) is 4.31. The van der Waals surface area contributed by atoms with Gasteiger partial charge in [0.2, 0.25) is 5.91 Å². The molecule has 0 spiro atoms. The van der Waals surface area contributed by atoms with Gasteiger partial charge in [-0.2, -0.15) is 0 Å². The molecular weight excluding hydrogens is 353 g/mol. The van der Waals surface area contributed by atoms with Gasteiger partial charge in [0, 0.05) is 20.2 Å². The Kier molecular flexibility index (Phi) is 5.53. The van der Waals surface area contributed by atoms with E-state index in [1.165, 1.54) is 24.3 Å². The van der Waals surface area contributed by atoms with E-state index in [1.54, 1.807) is 12.0 Å². The van der Waals surface area contributed by atoms with E-state index >= 15 is 0 Å². The van der Waals surface area contributed by atoms with Crippen LogP contribution in [-0.4, -0.2) is 59.9 Å². The van der Waals surface area contributed by atoms with Crippen LogP contribution < -0.4 is 0 Å². The minimum Gasteiger partial charge on any atom is -0.481 e. The summed E-state index contributed by atoms with van der Waals surface area (Å²) in [5, 5.41) is 20.5. The normalized spacial score (nSPS) is 27.1. The van der Waals surface area contributed by atoms with Gasteiger partial charge in [0.05, 0.1) is 18.1 Å². The van der Waals surface area contributed by atoms with Crippen LogP contribution in [0.1, 0.15) is 31.2 Å². The molecule has 27 heavy (non-hydrogen) atoms. The number of amides is 1. The van der Waals surface area contributed by atoms with E-state index in [2.05, 4.69) is 0 Å². The van der Waals surface area contributed by atoms with Crippen LogP contribution in [0.3, 0.4) is 0 Å². The van der Waals surface area contributed by atoms with Crippen molar-refractivity contribution in [1.82, 2.24) is 4.90 Å². The second-order valence-electron chi connectivity index (χ2n) is 7.86. The van der Waals surface area contributed by atoms with Crippen molar-refractivity contribution in [1.29, 1.82) is 0 Å². The summed E-state index contributed by atoms with van der Waals surface area (Å²) in [5.41, 5.74) is -1.47. The summed E-state index contributed by atoms with van der Waals surface area (Å²) >= 11 is 0. The number of aliphatic hydroxyl groups is 1. The summed E-state index contributed by atoms with van der Waals surface area (Å²) in [6.45, 7) is 0.581. The predicted octanol–water partition coefficient (Wildman–Crippen LogP) is 1.85. The number of aliphatic hydroxyl groups excluding tert-OH is 1. The molecule has 2 N–H and O–H groups in total. The largest absolute Gasteiger partial charge is 0.481 e. The van der Waals surface area contributed by atoms with Crippen molar-refractivity contribution in [3.63, 3.8) is 0 Å². The lowest BCUT2D eigenvalue weighted by Crippen LogP contribution is -2.61. The number of carbonyl (C=O) groups is 2. The number of likely N-dealkylation sites (tertiary alicyclic amines) is 1. The first-order chi connectivity index (χ1) is 12.8. The molecule has 3 rings (SSSR count). The van der Waals surface area contributed by atoms with E-state index in [4.69, 9.17) is 4.74 Å². The number of piperidine rings is 1. The first kappa shape index (κ1) is 19.8. The number of ether oxygens (including phenoxy) is 1. The van der Waals surface area contributed by atoms with Gasteiger partial charge in [-0.3, -0.25) is 9.59 Å². The monoisotopic (exact) mass is 379 g/mol. The Labute approximate surface area is 157 Å². The van der Waals surface area contributed by atoms with Crippen molar-refractivity contribution in [2.24, 2.45) is 10.8 Å². The highest BCUT2D eigenvalue weighted by Crippen LogP contribution is 2.44. The smallest absolute Gasteiger partial charge is 0.314 e. The first-order valence-corrected chi connectivity index (χ1v) is 9.27. The number of halogens is 1. The van der Waals surface area contributed by atoms with Crippen LogP contribution in [0.25, 0.3) is 0 Å². The van der Waals surface area contributed by atoms with E-state index in [0.717, 1.165) is 19.3 Å². The van der Waals surface area contributed by atoms with Crippen LogP contribution in [0, 0.1) is 16.6 Å². The van der Waals surface area contributed by atoms with Crippen molar-refractivity contribution in [3.8, 4) is 0 Å². The zero-order valence-corrected chi connectivity index (χ0v) is 15.5. The molecule has 1 heterocycles. The Bertz CT molecular complexity index is 703. The molecule has 1 saturated carbocycles. The average molecular weight is 379 g/mol. The van der Waals surface area contributed by atoms with E-state index in [1.807, 2.05) is 0 Å². The number of aliphatic carboxylic acids is 1. The Balaban J connectivity index is 1.85. The first-order valence-electron chi connectivity index (χ1n) is 9.27. The van der Waals surface area contributed by atoms with Crippen molar-refractivity contribution in [3.05, 3.63) is 35.6 Å². The average Bonchev–Trinajstić information content (AvgIpc) is 2.61. The molecule has 2 aliphatic rings. The van der Waals surface area contributed by atoms with Crippen molar-refractivity contribution < 1.29 is 28.9 Å². The van der Waals surface area contributed by atoms with E-state index in [0.29, 0.717) is 18.7 Å². The second kappa shape index (κ2) is 7.56. The summed E-state index contributed by atoms with van der Waals surface area (Å²) in [7, 11) is 1.56. The fraction of sp³-hybridized carbons (Fsp3) is 0.600. The molecule has 1 amide bonds. The highest BCUT2D eigenvalue weighted by atomic mass is 19.1. The molecule has 2 fully saturated rings. The van der Waals surface area contributed by atoms with Crippen LogP contribution in [0.15, 0.2) is 24.3 Å². The number of methoxy groups -OCH3 is 1. The van der Waals surface area contributed by atoms with Gasteiger partial charge in [0.25, 0.3) is 0 Å². The molecule has 1 aromatic rings. The molecule has 1 aliphatic heterocycles. The Hall–Kier alpha value is -1.99. The molecule has 148 valence electrons. The maximum absolute atomic E-state index is 13.2. The quantitative estimate of drug-likeness (QED) is 0.788. The summed E-state index contributed by atoms with van der Waals surface area (Å²) in [6.07, 6.45) is 1.56. The molecule has 1 aromatic carbocycles. The second-order valence-corrected chi connectivity index (χ2v) is 7.86. The zero-order chi connectivity index (χ0) is 19.7. The molecule has 1 aliphatic carbocycles. The fourth-order valence-corrected chi connectivity index (χ4v) is 4.31. The Morgan fingerprint density at radius 1 is 1.30 bits per heavy atom. The highest BCUT2D eigenvalue weighted by Gasteiger charge is 2.54. The zero-order valence-electron chi connectivity index (χ0n) is 15.5. The molecule has 1 saturated heterocycles. The molecule has 0 aromatic heterocycles. The molecule has 0 bridgehead atoms. The van der Waals surface area contributed by atoms with E-state index in [9.17, 15) is 24.2 Å². The lowest BCUT2D eigenvalue weighted by molar-refractivity contribution is -0.172. The molecular formula is C20H26FNO5. The van der Waals surface area contributed by atoms with Gasteiger partial charge >= 0.3 is 5.97 Å². The van der Waals surface area contributed by atoms with Gasteiger partial charge in [0.1, 0.15) is 11.2 Å². The molecule has 7 heteroatoms. The lowest BCUT2D eigenvalue weighted by Gasteiger charge is -2.48. The number of hydrogen-bond acceptors (Lipinski definition) is 4. The summed E-state index contributed by atoms with van der Waals surface area (Å²) < 4.78 is 18.4.